The van der Waals surface area contributed by atoms with E-state index >= 15 is 0 Å². The van der Waals surface area contributed by atoms with Crippen LogP contribution < -0.4 is 0 Å². The molecule has 0 amide bonds. The minimum atomic E-state index is 0.480. The first kappa shape index (κ1) is 16.1. The van der Waals surface area contributed by atoms with Crippen molar-refractivity contribution < 1.29 is 0 Å². The van der Waals surface area contributed by atoms with E-state index in [4.69, 9.17) is 0 Å². The number of rotatable bonds is 7. The molecule has 2 aromatic rings. The molecule has 0 saturated heterocycles. The van der Waals surface area contributed by atoms with Gasteiger partial charge in [0, 0.05) is 24.9 Å². The highest BCUT2D eigenvalue weighted by Crippen LogP contribution is 2.19. The van der Waals surface area contributed by atoms with Gasteiger partial charge in [0.15, 0.2) is 0 Å². The highest BCUT2D eigenvalue weighted by Gasteiger charge is 2.20. The van der Waals surface area contributed by atoms with Crippen LogP contribution in [0, 0.1) is 5.92 Å². The third kappa shape index (κ3) is 4.90. The predicted octanol–water partition coefficient (Wildman–Crippen LogP) is 4.64. The first-order valence-corrected chi connectivity index (χ1v) is 8.26. The fourth-order valence-electron chi connectivity index (χ4n) is 2.67. The van der Waals surface area contributed by atoms with Crippen LogP contribution in [0.2, 0.25) is 0 Å². The Morgan fingerprint density at radius 1 is 0.810 bits per heavy atom. The van der Waals surface area contributed by atoms with Crippen molar-refractivity contribution in [3.05, 3.63) is 71.8 Å². The van der Waals surface area contributed by atoms with Crippen molar-refractivity contribution in [2.24, 2.45) is 5.92 Å². The molecule has 0 aliphatic heterocycles. The predicted molar refractivity (Wildman–Crippen MR) is 94.6 cm³/mol. The van der Waals surface area contributed by atoms with Crippen molar-refractivity contribution in [1.29, 1.82) is 0 Å². The van der Waals surface area contributed by atoms with Gasteiger partial charge in [-0.15, -0.1) is 0 Å². The Balaban J connectivity index is 2.17. The summed E-state index contributed by atoms with van der Waals surface area (Å²) >= 11 is 4.59. The van der Waals surface area contributed by atoms with E-state index in [0.29, 0.717) is 12.0 Å². The summed E-state index contributed by atoms with van der Waals surface area (Å²) in [4.78, 5) is 2.54. The van der Waals surface area contributed by atoms with Gasteiger partial charge in [0.2, 0.25) is 0 Å². The summed E-state index contributed by atoms with van der Waals surface area (Å²) in [5.41, 5.74) is 2.72. The molecule has 0 spiro atoms. The molecule has 0 aromatic heterocycles. The van der Waals surface area contributed by atoms with Crippen molar-refractivity contribution >= 4 is 12.6 Å². The van der Waals surface area contributed by atoms with Crippen LogP contribution in [0.4, 0.5) is 0 Å². The van der Waals surface area contributed by atoms with Crippen LogP contribution in [0.1, 0.15) is 25.0 Å². The SMILES string of the molecule is CC(C)[C@@H](CS)N(Cc1ccccc1)Cc1ccccc1. The number of hydrogen-bond acceptors (Lipinski definition) is 2. The molecule has 0 saturated carbocycles. The Kier molecular flexibility index (Phi) is 6.34. The van der Waals surface area contributed by atoms with Crippen LogP contribution >= 0.6 is 12.6 Å². The van der Waals surface area contributed by atoms with Crippen LogP contribution in [0.3, 0.4) is 0 Å². The molecule has 112 valence electrons. The summed E-state index contributed by atoms with van der Waals surface area (Å²) in [6, 6.07) is 21.9. The van der Waals surface area contributed by atoms with E-state index in [1.54, 1.807) is 0 Å². The van der Waals surface area contributed by atoms with E-state index in [9.17, 15) is 0 Å². The molecule has 0 heterocycles. The van der Waals surface area contributed by atoms with E-state index in [-0.39, 0.29) is 0 Å². The van der Waals surface area contributed by atoms with Gasteiger partial charge in [-0.05, 0) is 17.0 Å². The Labute approximate surface area is 134 Å². The maximum atomic E-state index is 4.59. The molecule has 21 heavy (non-hydrogen) atoms. The highest BCUT2D eigenvalue weighted by molar-refractivity contribution is 7.80. The Hall–Kier alpha value is -1.25. The minimum absolute atomic E-state index is 0.480. The fourth-order valence-corrected chi connectivity index (χ4v) is 3.33. The average molecular weight is 299 g/mol. The smallest absolute Gasteiger partial charge is 0.0240 e. The van der Waals surface area contributed by atoms with Gasteiger partial charge >= 0.3 is 0 Å². The van der Waals surface area contributed by atoms with Gasteiger partial charge in [0.1, 0.15) is 0 Å². The van der Waals surface area contributed by atoms with Crippen LogP contribution in [0.15, 0.2) is 60.7 Å². The van der Waals surface area contributed by atoms with Crippen molar-refractivity contribution in [2.45, 2.75) is 33.0 Å². The standard InChI is InChI=1S/C19H25NS/c1-16(2)19(15-21)20(13-17-9-5-3-6-10-17)14-18-11-7-4-8-12-18/h3-12,16,19,21H,13-15H2,1-2H3/t19-/m1/s1. The van der Waals surface area contributed by atoms with E-state index in [1.807, 2.05) is 0 Å². The Morgan fingerprint density at radius 3 is 1.57 bits per heavy atom. The molecule has 0 radical (unpaired) electrons. The topological polar surface area (TPSA) is 3.24 Å². The first-order chi connectivity index (χ1) is 10.2. The highest BCUT2D eigenvalue weighted by atomic mass is 32.1. The molecule has 2 rings (SSSR count). The summed E-state index contributed by atoms with van der Waals surface area (Å²) in [5.74, 6) is 1.48. The monoisotopic (exact) mass is 299 g/mol. The van der Waals surface area contributed by atoms with Gasteiger partial charge in [0.05, 0.1) is 0 Å². The summed E-state index contributed by atoms with van der Waals surface area (Å²) in [7, 11) is 0. The van der Waals surface area contributed by atoms with Gasteiger partial charge in [-0.1, -0.05) is 74.5 Å². The molecule has 2 heteroatoms. The van der Waals surface area contributed by atoms with Gasteiger partial charge in [-0.2, -0.15) is 12.6 Å². The van der Waals surface area contributed by atoms with Crippen LogP contribution in [0.25, 0.3) is 0 Å². The molecular formula is C19H25NS. The van der Waals surface area contributed by atoms with E-state index in [0.717, 1.165) is 18.8 Å². The Morgan fingerprint density at radius 2 is 1.24 bits per heavy atom. The zero-order valence-electron chi connectivity index (χ0n) is 12.9. The molecular weight excluding hydrogens is 274 g/mol. The maximum absolute atomic E-state index is 4.59. The lowest BCUT2D eigenvalue weighted by Crippen LogP contribution is -2.39. The van der Waals surface area contributed by atoms with Crippen LogP contribution in [-0.2, 0) is 13.1 Å². The lowest BCUT2D eigenvalue weighted by molar-refractivity contribution is 0.155. The van der Waals surface area contributed by atoms with Gasteiger partial charge in [0.25, 0.3) is 0 Å². The zero-order valence-corrected chi connectivity index (χ0v) is 13.8. The molecule has 1 nitrogen and oxygen atoms in total. The first-order valence-electron chi connectivity index (χ1n) is 7.63. The molecule has 0 unspecified atom stereocenters. The number of benzene rings is 2. The molecule has 0 N–H and O–H groups in total. The normalized spacial score (nSPS) is 12.8. The minimum Gasteiger partial charge on any atom is -0.291 e. The molecule has 1 atom stereocenters. The van der Waals surface area contributed by atoms with Crippen LogP contribution in [-0.4, -0.2) is 16.7 Å². The second-order valence-electron chi connectivity index (χ2n) is 5.87. The summed E-state index contributed by atoms with van der Waals surface area (Å²) < 4.78 is 0. The lowest BCUT2D eigenvalue weighted by atomic mass is 10.0. The molecule has 2 aromatic carbocycles. The summed E-state index contributed by atoms with van der Waals surface area (Å²) in [6.45, 7) is 6.51. The second kappa shape index (κ2) is 8.26. The zero-order chi connectivity index (χ0) is 15.1. The number of nitrogens with zero attached hydrogens (tertiary/aromatic N) is 1. The summed E-state index contributed by atoms with van der Waals surface area (Å²) in [5, 5.41) is 0. The second-order valence-corrected chi connectivity index (χ2v) is 6.24. The van der Waals surface area contributed by atoms with E-state index in [1.165, 1.54) is 11.1 Å². The molecule has 0 bridgehead atoms. The number of hydrogen-bond donors (Lipinski definition) is 1. The van der Waals surface area contributed by atoms with Crippen molar-refractivity contribution in [3.8, 4) is 0 Å². The van der Waals surface area contributed by atoms with Crippen molar-refractivity contribution in [2.75, 3.05) is 5.75 Å². The Bertz CT molecular complexity index is 468. The van der Waals surface area contributed by atoms with Gasteiger partial charge in [-0.3, -0.25) is 4.90 Å². The lowest BCUT2D eigenvalue weighted by Gasteiger charge is -2.33. The third-order valence-electron chi connectivity index (χ3n) is 3.88. The largest absolute Gasteiger partial charge is 0.291 e. The van der Waals surface area contributed by atoms with Crippen molar-refractivity contribution in [3.63, 3.8) is 0 Å². The maximum Gasteiger partial charge on any atom is 0.0240 e. The molecule has 0 fully saturated rings. The van der Waals surface area contributed by atoms with E-state index < -0.39 is 0 Å². The molecule has 0 aliphatic rings. The van der Waals surface area contributed by atoms with Crippen LogP contribution in [0.5, 0.6) is 0 Å². The quantitative estimate of drug-likeness (QED) is 0.729. The fraction of sp³-hybridized carbons (Fsp3) is 0.368. The summed E-state index contributed by atoms with van der Waals surface area (Å²) in [6.07, 6.45) is 0. The van der Waals surface area contributed by atoms with Gasteiger partial charge < -0.3 is 0 Å². The molecule has 0 aliphatic carbocycles. The third-order valence-corrected chi connectivity index (χ3v) is 4.26. The van der Waals surface area contributed by atoms with E-state index in [2.05, 4.69) is 92.0 Å². The van der Waals surface area contributed by atoms with Crippen molar-refractivity contribution in [1.82, 2.24) is 4.90 Å². The van der Waals surface area contributed by atoms with Gasteiger partial charge in [-0.25, -0.2) is 0 Å². The average Bonchev–Trinajstić information content (AvgIpc) is 2.49. The number of thiol groups is 1.